The molecular weight excluding hydrogens is 324 g/mol. The van der Waals surface area contributed by atoms with E-state index < -0.39 is 0 Å². The summed E-state index contributed by atoms with van der Waals surface area (Å²) in [5.74, 6) is 0. The number of thiophene rings is 1. The number of carbonyl (C=O) groups excluding carboxylic acids is 1. The van der Waals surface area contributed by atoms with Gasteiger partial charge in [0.2, 0.25) is 0 Å². The van der Waals surface area contributed by atoms with Crippen molar-refractivity contribution in [3.8, 4) is 0 Å². The minimum atomic E-state index is -0.0290. The van der Waals surface area contributed by atoms with E-state index in [1.165, 1.54) is 4.88 Å². The molecule has 2 aromatic rings. The van der Waals surface area contributed by atoms with E-state index in [9.17, 15) is 4.79 Å². The zero-order valence-electron chi connectivity index (χ0n) is 13.9. The van der Waals surface area contributed by atoms with Gasteiger partial charge in [-0.05, 0) is 37.6 Å². The first-order chi connectivity index (χ1) is 11.7. The summed E-state index contributed by atoms with van der Waals surface area (Å²) < 4.78 is 1.86. The molecule has 7 heteroatoms. The van der Waals surface area contributed by atoms with E-state index in [0.717, 1.165) is 30.5 Å². The molecule has 2 aromatic heterocycles. The normalized spacial score (nSPS) is 16.7. The lowest BCUT2D eigenvalue weighted by atomic mass is 9.93. The molecule has 24 heavy (non-hydrogen) atoms. The van der Waals surface area contributed by atoms with Gasteiger partial charge in [-0.2, -0.15) is 5.10 Å². The molecule has 3 rings (SSSR count). The van der Waals surface area contributed by atoms with Gasteiger partial charge in [0.1, 0.15) is 0 Å². The van der Waals surface area contributed by atoms with Gasteiger partial charge < -0.3 is 15.3 Å². The summed E-state index contributed by atoms with van der Waals surface area (Å²) in [6.45, 7) is 3.90. The van der Waals surface area contributed by atoms with Crippen LogP contribution in [-0.4, -0.2) is 39.0 Å². The summed E-state index contributed by atoms with van der Waals surface area (Å²) in [4.78, 5) is 15.7. The molecule has 0 saturated heterocycles. The third-order valence-electron chi connectivity index (χ3n) is 4.47. The van der Waals surface area contributed by atoms with Crippen molar-refractivity contribution in [2.45, 2.75) is 45.3 Å². The van der Waals surface area contributed by atoms with Crippen LogP contribution in [0.4, 0.5) is 4.79 Å². The zero-order valence-corrected chi connectivity index (χ0v) is 14.8. The van der Waals surface area contributed by atoms with Gasteiger partial charge in [-0.15, -0.1) is 11.3 Å². The first-order valence-electron chi connectivity index (χ1n) is 8.46. The highest BCUT2D eigenvalue weighted by atomic mass is 32.1. The fourth-order valence-electron chi connectivity index (χ4n) is 3.21. The number of urea groups is 1. The van der Waals surface area contributed by atoms with Crippen molar-refractivity contribution in [3.05, 3.63) is 39.8 Å². The number of hydrogen-bond acceptors (Lipinski definition) is 4. The number of hydrogen-bond donors (Lipinski definition) is 2. The highest BCUT2D eigenvalue weighted by Crippen LogP contribution is 2.29. The molecule has 1 aliphatic rings. The Morgan fingerprint density at radius 1 is 1.58 bits per heavy atom. The molecule has 0 bridgehead atoms. The number of carbonyl (C=O) groups is 1. The molecule has 0 spiro atoms. The second-order valence-corrected chi connectivity index (χ2v) is 7.01. The Labute approximate surface area is 146 Å². The summed E-state index contributed by atoms with van der Waals surface area (Å²) in [5, 5.41) is 18.7. The van der Waals surface area contributed by atoms with Crippen LogP contribution >= 0.6 is 11.3 Å². The monoisotopic (exact) mass is 348 g/mol. The smallest absolute Gasteiger partial charge is 0.318 e. The molecular formula is C17H24N4O2S. The van der Waals surface area contributed by atoms with Crippen LogP contribution in [0.3, 0.4) is 0 Å². The van der Waals surface area contributed by atoms with E-state index in [0.29, 0.717) is 19.6 Å². The van der Waals surface area contributed by atoms with Gasteiger partial charge >= 0.3 is 6.03 Å². The first-order valence-corrected chi connectivity index (χ1v) is 9.34. The number of rotatable bonds is 6. The van der Waals surface area contributed by atoms with E-state index in [-0.39, 0.29) is 18.7 Å². The van der Waals surface area contributed by atoms with Crippen LogP contribution in [-0.2, 0) is 19.5 Å². The summed E-state index contributed by atoms with van der Waals surface area (Å²) in [6.07, 6.45) is 4.74. The minimum Gasteiger partial charge on any atom is -0.394 e. The Kier molecular flexibility index (Phi) is 5.52. The number of aliphatic hydroxyl groups is 1. The van der Waals surface area contributed by atoms with Crippen LogP contribution in [0.25, 0.3) is 0 Å². The molecule has 0 saturated carbocycles. The van der Waals surface area contributed by atoms with Crippen LogP contribution in [0.2, 0.25) is 0 Å². The molecule has 2 N–H and O–H groups in total. The highest BCUT2D eigenvalue weighted by molar-refractivity contribution is 7.09. The zero-order chi connectivity index (χ0) is 16.9. The fourth-order valence-corrected chi connectivity index (χ4v) is 3.93. The van der Waals surface area contributed by atoms with E-state index in [4.69, 9.17) is 5.11 Å². The lowest BCUT2D eigenvalue weighted by Crippen LogP contribution is -2.41. The quantitative estimate of drug-likeness (QED) is 0.843. The van der Waals surface area contributed by atoms with Crippen molar-refractivity contribution in [3.63, 3.8) is 0 Å². The molecule has 0 fully saturated rings. The van der Waals surface area contributed by atoms with Crippen molar-refractivity contribution >= 4 is 17.4 Å². The average molecular weight is 348 g/mol. The number of aliphatic hydroxyl groups excluding tert-OH is 1. The molecule has 2 amide bonds. The standard InChI is InChI=1S/C17H24N4O2S/c1-2-20(12-13-5-4-10-24-13)17(23)19-15-6-3-7-16-14(15)11-18-21(16)8-9-22/h4-5,10-11,15,22H,2-3,6-9,12H2,1H3,(H,19,23)/t15-/m0/s1. The average Bonchev–Trinajstić information content (AvgIpc) is 3.23. The molecule has 0 unspecified atom stereocenters. The second-order valence-electron chi connectivity index (χ2n) is 5.98. The fraction of sp³-hybridized carbons (Fsp3) is 0.529. The highest BCUT2D eigenvalue weighted by Gasteiger charge is 2.26. The summed E-state index contributed by atoms with van der Waals surface area (Å²) in [6, 6.07) is 4.04. The van der Waals surface area contributed by atoms with Gasteiger partial charge in [0.05, 0.1) is 31.9 Å². The minimum absolute atomic E-state index is 0.00563. The van der Waals surface area contributed by atoms with Crippen LogP contribution in [0.5, 0.6) is 0 Å². The Hall–Kier alpha value is -1.86. The molecule has 1 atom stereocenters. The number of amides is 2. The predicted octanol–water partition coefficient (Wildman–Crippen LogP) is 2.55. The van der Waals surface area contributed by atoms with Gasteiger partial charge in [-0.25, -0.2) is 4.79 Å². The maximum Gasteiger partial charge on any atom is 0.318 e. The number of fused-ring (bicyclic) bond motifs is 1. The van der Waals surface area contributed by atoms with Crippen molar-refractivity contribution in [2.75, 3.05) is 13.2 Å². The summed E-state index contributed by atoms with van der Waals surface area (Å²) in [5.41, 5.74) is 2.23. The Morgan fingerprint density at radius 3 is 3.17 bits per heavy atom. The van der Waals surface area contributed by atoms with Gasteiger partial charge in [-0.1, -0.05) is 6.07 Å². The van der Waals surface area contributed by atoms with Gasteiger partial charge in [0.25, 0.3) is 0 Å². The summed E-state index contributed by atoms with van der Waals surface area (Å²) in [7, 11) is 0. The molecule has 0 radical (unpaired) electrons. The first kappa shape index (κ1) is 17.0. The van der Waals surface area contributed by atoms with Crippen LogP contribution in [0.1, 0.15) is 41.9 Å². The summed E-state index contributed by atoms with van der Waals surface area (Å²) >= 11 is 1.67. The van der Waals surface area contributed by atoms with Crippen molar-refractivity contribution in [2.24, 2.45) is 0 Å². The second kappa shape index (κ2) is 7.81. The maximum atomic E-state index is 12.7. The lowest BCUT2D eigenvalue weighted by Gasteiger charge is -2.28. The molecule has 2 heterocycles. The molecule has 1 aliphatic carbocycles. The molecule has 6 nitrogen and oxygen atoms in total. The largest absolute Gasteiger partial charge is 0.394 e. The SMILES string of the molecule is CCN(Cc1cccs1)C(=O)N[C@H]1CCCc2c1cnn2CCO. The Bertz CT molecular complexity index is 668. The van der Waals surface area contributed by atoms with Crippen molar-refractivity contribution in [1.29, 1.82) is 0 Å². The van der Waals surface area contributed by atoms with Crippen molar-refractivity contribution < 1.29 is 9.90 Å². The molecule has 0 aliphatic heterocycles. The molecule has 0 aromatic carbocycles. The lowest BCUT2D eigenvalue weighted by molar-refractivity contribution is 0.193. The van der Waals surface area contributed by atoms with Gasteiger partial charge in [0, 0.05) is 22.7 Å². The third-order valence-corrected chi connectivity index (χ3v) is 5.33. The number of nitrogens with zero attached hydrogens (tertiary/aromatic N) is 3. The number of aromatic nitrogens is 2. The van der Waals surface area contributed by atoms with Crippen LogP contribution in [0, 0.1) is 0 Å². The maximum absolute atomic E-state index is 12.7. The van der Waals surface area contributed by atoms with E-state index >= 15 is 0 Å². The predicted molar refractivity (Wildman–Crippen MR) is 93.9 cm³/mol. The van der Waals surface area contributed by atoms with E-state index in [1.54, 1.807) is 11.3 Å². The Morgan fingerprint density at radius 2 is 2.46 bits per heavy atom. The van der Waals surface area contributed by atoms with E-state index in [2.05, 4.69) is 16.5 Å². The topological polar surface area (TPSA) is 70.4 Å². The Balaban J connectivity index is 1.68. The number of nitrogens with one attached hydrogen (secondary N) is 1. The van der Waals surface area contributed by atoms with E-state index in [1.807, 2.05) is 34.1 Å². The molecule has 130 valence electrons. The third kappa shape index (κ3) is 3.62. The van der Waals surface area contributed by atoms with Crippen LogP contribution in [0.15, 0.2) is 23.7 Å². The van der Waals surface area contributed by atoms with Crippen molar-refractivity contribution in [1.82, 2.24) is 20.0 Å². The van der Waals surface area contributed by atoms with Gasteiger partial charge in [-0.3, -0.25) is 4.68 Å². The van der Waals surface area contributed by atoms with Gasteiger partial charge in [0.15, 0.2) is 0 Å². The van der Waals surface area contributed by atoms with Crippen LogP contribution < -0.4 is 5.32 Å².